The Morgan fingerprint density at radius 2 is 2.06 bits per heavy atom. The lowest BCUT2D eigenvalue weighted by molar-refractivity contribution is 0.500. The number of aromatic nitrogens is 2. The highest BCUT2D eigenvalue weighted by atomic mass is 35.5. The Labute approximate surface area is 121 Å². The van der Waals surface area contributed by atoms with Crippen LogP contribution in [0.4, 0.5) is 0 Å². The molecule has 2 rings (SSSR count). The van der Waals surface area contributed by atoms with Crippen molar-refractivity contribution in [3.8, 4) is 0 Å². The molecule has 0 radical (unpaired) electrons. The molecule has 0 saturated heterocycles. The summed E-state index contributed by atoms with van der Waals surface area (Å²) in [5, 5.41) is 7.57. The number of nitrogens with two attached hydrogens (primary N) is 1. The third-order valence-corrected chi connectivity index (χ3v) is 4.87. The molecule has 2 heterocycles. The lowest BCUT2D eigenvalue weighted by Crippen LogP contribution is -2.18. The average Bonchev–Trinajstić information content (AvgIpc) is 2.84. The fourth-order valence-corrected chi connectivity index (χ4v) is 3.40. The Morgan fingerprint density at radius 3 is 2.56 bits per heavy atom. The zero-order chi connectivity index (χ0) is 13.4. The summed E-state index contributed by atoms with van der Waals surface area (Å²) in [7, 11) is 0. The van der Waals surface area contributed by atoms with Crippen molar-refractivity contribution in [1.29, 1.82) is 0 Å². The highest BCUT2D eigenvalue weighted by Gasteiger charge is 2.23. The van der Waals surface area contributed by atoms with Crippen molar-refractivity contribution in [3.05, 3.63) is 37.8 Å². The molecule has 0 saturated carbocycles. The number of rotatable bonds is 3. The molecule has 0 aliphatic rings. The van der Waals surface area contributed by atoms with Crippen LogP contribution in [0, 0.1) is 6.92 Å². The van der Waals surface area contributed by atoms with Crippen LogP contribution in [0.5, 0.6) is 0 Å². The first-order valence-electron chi connectivity index (χ1n) is 5.65. The molecule has 98 valence electrons. The Bertz CT molecular complexity index is 560. The molecule has 18 heavy (non-hydrogen) atoms. The first-order valence-corrected chi connectivity index (χ1v) is 7.29. The summed E-state index contributed by atoms with van der Waals surface area (Å²) in [5.74, 6) is 0. The van der Waals surface area contributed by atoms with Gasteiger partial charge in [-0.25, -0.2) is 0 Å². The van der Waals surface area contributed by atoms with Gasteiger partial charge in [0.25, 0.3) is 0 Å². The molecule has 6 heteroatoms. The van der Waals surface area contributed by atoms with Crippen molar-refractivity contribution >= 4 is 34.5 Å². The van der Waals surface area contributed by atoms with Gasteiger partial charge in [0, 0.05) is 10.9 Å². The van der Waals surface area contributed by atoms with Crippen LogP contribution in [0.15, 0.2) is 11.6 Å². The van der Waals surface area contributed by atoms with E-state index in [2.05, 4.69) is 5.10 Å². The third-order valence-electron chi connectivity index (χ3n) is 2.78. The number of halogens is 2. The van der Waals surface area contributed by atoms with Crippen LogP contribution >= 0.6 is 34.5 Å². The van der Waals surface area contributed by atoms with E-state index in [1.807, 2.05) is 30.8 Å². The molecule has 2 aromatic heterocycles. The molecule has 0 spiro atoms. The summed E-state index contributed by atoms with van der Waals surface area (Å²) in [6.07, 6.45) is 1.63. The van der Waals surface area contributed by atoms with Gasteiger partial charge in [-0.2, -0.15) is 5.10 Å². The fraction of sp³-hybridized carbons (Fsp3) is 0.417. The zero-order valence-corrected chi connectivity index (χ0v) is 12.8. The van der Waals surface area contributed by atoms with Crippen LogP contribution < -0.4 is 5.73 Å². The average molecular weight is 304 g/mol. The molecular formula is C12H15Cl2N3S. The predicted octanol–water partition coefficient (Wildman–Crippen LogP) is 4.19. The van der Waals surface area contributed by atoms with Crippen LogP contribution in [0.25, 0.3) is 0 Å². The van der Waals surface area contributed by atoms with Crippen LogP contribution in [-0.2, 0) is 0 Å². The van der Waals surface area contributed by atoms with Gasteiger partial charge in [0.1, 0.15) is 0 Å². The second-order valence-electron chi connectivity index (χ2n) is 4.49. The van der Waals surface area contributed by atoms with Crippen LogP contribution in [-0.4, -0.2) is 9.78 Å². The van der Waals surface area contributed by atoms with Gasteiger partial charge < -0.3 is 5.73 Å². The molecular weight excluding hydrogens is 289 g/mol. The van der Waals surface area contributed by atoms with Crippen LogP contribution in [0.2, 0.25) is 10.0 Å². The Morgan fingerprint density at radius 1 is 1.39 bits per heavy atom. The van der Waals surface area contributed by atoms with Gasteiger partial charge in [0.05, 0.1) is 28.0 Å². The topological polar surface area (TPSA) is 43.8 Å². The molecule has 0 bridgehead atoms. The molecule has 2 aromatic rings. The van der Waals surface area contributed by atoms with Gasteiger partial charge in [-0.1, -0.05) is 23.2 Å². The lowest BCUT2D eigenvalue weighted by atomic mass is 10.1. The summed E-state index contributed by atoms with van der Waals surface area (Å²) in [4.78, 5) is 0.929. The minimum Gasteiger partial charge on any atom is -0.318 e. The number of aryl methyl sites for hydroxylation is 1. The van der Waals surface area contributed by atoms with Crippen molar-refractivity contribution < 1.29 is 0 Å². The van der Waals surface area contributed by atoms with Gasteiger partial charge in [-0.05, 0) is 31.7 Å². The van der Waals surface area contributed by atoms with Gasteiger partial charge >= 0.3 is 0 Å². The minimum atomic E-state index is -0.339. The van der Waals surface area contributed by atoms with E-state index in [0.29, 0.717) is 5.02 Å². The molecule has 1 unspecified atom stereocenters. The first kappa shape index (κ1) is 13.9. The molecule has 0 aliphatic heterocycles. The Balaban J connectivity index is 2.49. The van der Waals surface area contributed by atoms with E-state index in [1.54, 1.807) is 17.5 Å². The largest absolute Gasteiger partial charge is 0.318 e. The number of thiophene rings is 1. The van der Waals surface area contributed by atoms with E-state index in [4.69, 9.17) is 28.9 Å². The van der Waals surface area contributed by atoms with E-state index in [0.717, 1.165) is 21.2 Å². The predicted molar refractivity (Wildman–Crippen MR) is 77.7 cm³/mol. The van der Waals surface area contributed by atoms with E-state index in [-0.39, 0.29) is 12.1 Å². The molecule has 0 fully saturated rings. The van der Waals surface area contributed by atoms with Crippen molar-refractivity contribution in [1.82, 2.24) is 9.78 Å². The lowest BCUT2D eigenvalue weighted by Gasteiger charge is -2.16. The van der Waals surface area contributed by atoms with E-state index in [1.165, 1.54) is 0 Å². The number of hydrogen-bond acceptors (Lipinski definition) is 3. The molecule has 1 atom stereocenters. The Hall–Kier alpha value is -0.550. The summed E-state index contributed by atoms with van der Waals surface area (Å²) in [6, 6.07) is -0.132. The maximum Gasteiger partial charge on any atom is 0.0847 e. The van der Waals surface area contributed by atoms with E-state index >= 15 is 0 Å². The summed E-state index contributed by atoms with van der Waals surface area (Å²) in [6.45, 7) is 6.05. The highest BCUT2D eigenvalue weighted by Crippen LogP contribution is 2.37. The van der Waals surface area contributed by atoms with Gasteiger partial charge in [-0.3, -0.25) is 4.68 Å². The summed E-state index contributed by atoms with van der Waals surface area (Å²) in [5.41, 5.74) is 8.15. The van der Waals surface area contributed by atoms with Crippen LogP contribution in [0.1, 0.15) is 42.1 Å². The van der Waals surface area contributed by atoms with Gasteiger partial charge in [-0.15, -0.1) is 11.3 Å². The van der Waals surface area contributed by atoms with Crippen molar-refractivity contribution in [3.63, 3.8) is 0 Å². The second-order valence-corrected chi connectivity index (χ2v) is 6.19. The number of nitrogens with zero attached hydrogens (tertiary/aromatic N) is 2. The smallest absolute Gasteiger partial charge is 0.0847 e. The molecule has 2 N–H and O–H groups in total. The maximum absolute atomic E-state index is 6.30. The SMILES string of the molecule is Cc1csc(C(N)c2c(Cl)cnn2C(C)C)c1Cl. The summed E-state index contributed by atoms with van der Waals surface area (Å²) < 4.78 is 1.85. The zero-order valence-electron chi connectivity index (χ0n) is 10.4. The fourth-order valence-electron chi connectivity index (χ4n) is 1.84. The first-order chi connectivity index (χ1) is 8.43. The van der Waals surface area contributed by atoms with Gasteiger partial charge in [0.2, 0.25) is 0 Å². The van der Waals surface area contributed by atoms with Crippen molar-refractivity contribution in [2.24, 2.45) is 5.73 Å². The van der Waals surface area contributed by atoms with E-state index in [9.17, 15) is 0 Å². The quantitative estimate of drug-likeness (QED) is 0.924. The molecule has 0 aliphatic carbocycles. The number of hydrogen-bond donors (Lipinski definition) is 1. The minimum absolute atomic E-state index is 0.207. The Kier molecular flexibility index (Phi) is 4.02. The molecule has 3 nitrogen and oxygen atoms in total. The van der Waals surface area contributed by atoms with Crippen molar-refractivity contribution in [2.45, 2.75) is 32.9 Å². The monoisotopic (exact) mass is 303 g/mol. The normalized spacial score (nSPS) is 13.3. The molecule has 0 aromatic carbocycles. The highest BCUT2D eigenvalue weighted by molar-refractivity contribution is 7.10. The van der Waals surface area contributed by atoms with E-state index < -0.39 is 0 Å². The standard InChI is InChI=1S/C12H15Cl2N3S/c1-6(2)17-11(8(13)4-16-17)10(15)12-9(14)7(3)5-18-12/h4-6,10H,15H2,1-3H3. The van der Waals surface area contributed by atoms with Crippen LogP contribution in [0.3, 0.4) is 0 Å². The summed E-state index contributed by atoms with van der Waals surface area (Å²) >= 11 is 14.0. The second kappa shape index (κ2) is 5.21. The molecule has 0 amide bonds. The maximum atomic E-state index is 6.30. The van der Waals surface area contributed by atoms with Gasteiger partial charge in [0.15, 0.2) is 0 Å². The third kappa shape index (κ3) is 2.30. The van der Waals surface area contributed by atoms with Crippen molar-refractivity contribution in [2.75, 3.05) is 0 Å².